The highest BCUT2D eigenvalue weighted by Gasteiger charge is 2.19. The van der Waals surface area contributed by atoms with Gasteiger partial charge in [-0.15, -0.1) is 0 Å². The van der Waals surface area contributed by atoms with Gasteiger partial charge in [0.25, 0.3) is 5.56 Å². The Balaban J connectivity index is 1.75. The summed E-state index contributed by atoms with van der Waals surface area (Å²) in [6, 6.07) is 8.75. The Morgan fingerprint density at radius 3 is 2.63 bits per heavy atom. The van der Waals surface area contributed by atoms with Crippen LogP contribution in [0.1, 0.15) is 18.2 Å². The maximum atomic E-state index is 12.6. The summed E-state index contributed by atoms with van der Waals surface area (Å²) < 4.78 is 6.81. The van der Waals surface area contributed by atoms with Crippen molar-refractivity contribution in [2.45, 2.75) is 26.4 Å². The van der Waals surface area contributed by atoms with Crippen LogP contribution in [0, 0.1) is 0 Å². The van der Waals surface area contributed by atoms with Gasteiger partial charge in [-0.25, -0.2) is 4.98 Å². The molecule has 144 valence electrons. The van der Waals surface area contributed by atoms with Gasteiger partial charge in [0, 0.05) is 36.4 Å². The molecule has 1 fully saturated rings. The molecule has 0 bridgehead atoms. The van der Waals surface area contributed by atoms with Gasteiger partial charge in [0.15, 0.2) is 0 Å². The smallest absolute Gasteiger partial charge is 0.255 e. The molecule has 1 N–H and O–H groups in total. The lowest BCUT2D eigenvalue weighted by Gasteiger charge is -2.29. The summed E-state index contributed by atoms with van der Waals surface area (Å²) >= 11 is 5.87. The SMILES string of the molecule is CCc1cc(=O)n(CC(=O)NCc2ccc(Cl)cc2)c(N2CCOCC2)n1. The highest BCUT2D eigenvalue weighted by molar-refractivity contribution is 6.30. The van der Waals surface area contributed by atoms with Crippen molar-refractivity contribution < 1.29 is 9.53 Å². The molecule has 1 aromatic heterocycles. The number of carbonyl (C=O) groups excluding carboxylic acids is 1. The highest BCUT2D eigenvalue weighted by Crippen LogP contribution is 2.13. The number of morpholine rings is 1. The maximum absolute atomic E-state index is 12.6. The van der Waals surface area contributed by atoms with Crippen molar-refractivity contribution in [3.63, 3.8) is 0 Å². The Morgan fingerprint density at radius 1 is 1.26 bits per heavy atom. The molecular formula is C19H23ClN4O3. The molecule has 3 rings (SSSR count). The molecule has 0 radical (unpaired) electrons. The van der Waals surface area contributed by atoms with E-state index in [-0.39, 0.29) is 18.0 Å². The monoisotopic (exact) mass is 390 g/mol. The number of nitrogens with zero attached hydrogens (tertiary/aromatic N) is 3. The molecule has 0 spiro atoms. The topological polar surface area (TPSA) is 76.5 Å². The standard InChI is InChI=1S/C19H23ClN4O3/c1-2-16-11-18(26)24(19(22-16)23-7-9-27-10-8-23)13-17(25)21-12-14-3-5-15(20)6-4-14/h3-6,11H,2,7-10,12-13H2,1H3,(H,21,25). The van der Waals surface area contributed by atoms with Crippen LogP contribution in [0.25, 0.3) is 0 Å². The van der Waals surface area contributed by atoms with E-state index < -0.39 is 0 Å². The van der Waals surface area contributed by atoms with E-state index in [1.807, 2.05) is 24.0 Å². The number of carbonyl (C=O) groups is 1. The largest absolute Gasteiger partial charge is 0.378 e. The first kappa shape index (κ1) is 19.4. The molecule has 1 aromatic carbocycles. The summed E-state index contributed by atoms with van der Waals surface area (Å²) in [4.78, 5) is 31.6. The molecule has 1 saturated heterocycles. The van der Waals surface area contributed by atoms with Crippen molar-refractivity contribution in [3.8, 4) is 0 Å². The van der Waals surface area contributed by atoms with Crippen LogP contribution in [0.15, 0.2) is 35.1 Å². The minimum Gasteiger partial charge on any atom is -0.378 e. The molecule has 0 atom stereocenters. The van der Waals surface area contributed by atoms with Gasteiger partial charge < -0.3 is 15.0 Å². The van der Waals surface area contributed by atoms with Crippen LogP contribution >= 0.6 is 11.6 Å². The average Bonchev–Trinajstić information content (AvgIpc) is 2.69. The van der Waals surface area contributed by atoms with Gasteiger partial charge in [-0.2, -0.15) is 0 Å². The number of amides is 1. The number of aromatic nitrogens is 2. The first-order valence-corrected chi connectivity index (χ1v) is 9.39. The second-order valence-corrected chi connectivity index (χ2v) is 6.76. The summed E-state index contributed by atoms with van der Waals surface area (Å²) in [5.74, 6) is 0.289. The normalized spacial score (nSPS) is 14.2. The van der Waals surface area contributed by atoms with Crippen LogP contribution < -0.4 is 15.8 Å². The minimum atomic E-state index is -0.243. The van der Waals surface area contributed by atoms with Crippen LogP contribution in [0.2, 0.25) is 5.02 Å². The number of benzene rings is 1. The summed E-state index contributed by atoms with van der Waals surface area (Å²) in [5, 5.41) is 3.49. The number of nitrogens with one attached hydrogen (secondary N) is 1. The van der Waals surface area contributed by atoms with E-state index in [1.165, 1.54) is 10.6 Å². The van der Waals surface area contributed by atoms with Gasteiger partial charge in [-0.05, 0) is 24.1 Å². The first-order chi connectivity index (χ1) is 13.1. The lowest BCUT2D eigenvalue weighted by molar-refractivity contribution is -0.121. The molecule has 2 heterocycles. The number of anilines is 1. The average molecular weight is 391 g/mol. The second-order valence-electron chi connectivity index (χ2n) is 6.33. The fraction of sp³-hybridized carbons (Fsp3) is 0.421. The second kappa shape index (κ2) is 9.01. The molecule has 0 unspecified atom stereocenters. The lowest BCUT2D eigenvalue weighted by Crippen LogP contribution is -2.42. The summed E-state index contributed by atoms with van der Waals surface area (Å²) in [5.41, 5.74) is 1.44. The number of hydrogen-bond donors (Lipinski definition) is 1. The van der Waals surface area contributed by atoms with Crippen molar-refractivity contribution in [2.75, 3.05) is 31.2 Å². The molecule has 0 saturated carbocycles. The van der Waals surface area contributed by atoms with Crippen LogP contribution in [-0.2, 0) is 29.0 Å². The van der Waals surface area contributed by atoms with E-state index in [4.69, 9.17) is 16.3 Å². The minimum absolute atomic E-state index is 0.0733. The summed E-state index contributed by atoms with van der Waals surface area (Å²) in [6.45, 7) is 4.70. The van der Waals surface area contributed by atoms with Crippen molar-refractivity contribution in [1.29, 1.82) is 0 Å². The molecule has 2 aromatic rings. The molecular weight excluding hydrogens is 368 g/mol. The van der Waals surface area contributed by atoms with Crippen LogP contribution in [0.5, 0.6) is 0 Å². The van der Waals surface area contributed by atoms with Crippen LogP contribution in [0.3, 0.4) is 0 Å². The van der Waals surface area contributed by atoms with Crippen molar-refractivity contribution >= 4 is 23.5 Å². The Morgan fingerprint density at radius 2 is 1.96 bits per heavy atom. The van der Waals surface area contributed by atoms with Gasteiger partial charge in [-0.3, -0.25) is 14.2 Å². The predicted octanol–water partition coefficient (Wildman–Crippen LogP) is 1.61. The zero-order chi connectivity index (χ0) is 19.2. The molecule has 1 aliphatic rings. The van der Waals surface area contributed by atoms with Gasteiger partial charge in [0.2, 0.25) is 11.9 Å². The Kier molecular flexibility index (Phi) is 6.47. The Hall–Kier alpha value is -2.38. The summed E-state index contributed by atoms with van der Waals surface area (Å²) in [6.07, 6.45) is 0.663. The van der Waals surface area contributed by atoms with E-state index in [2.05, 4.69) is 10.3 Å². The number of ether oxygens (including phenoxy) is 1. The van der Waals surface area contributed by atoms with Crippen molar-refractivity contribution in [2.24, 2.45) is 0 Å². The quantitative estimate of drug-likeness (QED) is 0.811. The molecule has 1 aliphatic heterocycles. The fourth-order valence-electron chi connectivity index (χ4n) is 2.88. The zero-order valence-corrected chi connectivity index (χ0v) is 16.0. The molecule has 27 heavy (non-hydrogen) atoms. The predicted molar refractivity (Wildman–Crippen MR) is 104 cm³/mol. The van der Waals surface area contributed by atoms with E-state index in [0.717, 1.165) is 11.3 Å². The fourth-order valence-corrected chi connectivity index (χ4v) is 3.00. The molecule has 8 heteroatoms. The van der Waals surface area contributed by atoms with Crippen molar-refractivity contribution in [3.05, 3.63) is 57.0 Å². The first-order valence-electron chi connectivity index (χ1n) is 9.01. The summed E-state index contributed by atoms with van der Waals surface area (Å²) in [7, 11) is 0. The van der Waals surface area contributed by atoms with Crippen LogP contribution in [-0.4, -0.2) is 41.8 Å². The van der Waals surface area contributed by atoms with Gasteiger partial charge >= 0.3 is 0 Å². The maximum Gasteiger partial charge on any atom is 0.255 e. The Labute approximate surface area is 162 Å². The van der Waals surface area contributed by atoms with Crippen LogP contribution in [0.4, 0.5) is 5.95 Å². The molecule has 1 amide bonds. The zero-order valence-electron chi connectivity index (χ0n) is 15.3. The van der Waals surface area contributed by atoms with Gasteiger partial charge in [-0.1, -0.05) is 30.7 Å². The number of rotatable bonds is 6. The lowest BCUT2D eigenvalue weighted by atomic mass is 10.2. The highest BCUT2D eigenvalue weighted by atomic mass is 35.5. The number of hydrogen-bond acceptors (Lipinski definition) is 5. The van der Waals surface area contributed by atoms with E-state index >= 15 is 0 Å². The number of aryl methyl sites for hydroxylation is 1. The third kappa shape index (κ3) is 5.08. The van der Waals surface area contributed by atoms with Gasteiger partial charge in [0.05, 0.1) is 13.2 Å². The van der Waals surface area contributed by atoms with Gasteiger partial charge in [0.1, 0.15) is 6.54 Å². The third-order valence-electron chi connectivity index (χ3n) is 4.40. The van der Waals surface area contributed by atoms with Crippen molar-refractivity contribution in [1.82, 2.24) is 14.9 Å². The third-order valence-corrected chi connectivity index (χ3v) is 4.65. The Bertz CT molecular complexity index is 845. The van der Waals surface area contributed by atoms with E-state index in [1.54, 1.807) is 12.1 Å². The van der Waals surface area contributed by atoms with E-state index in [9.17, 15) is 9.59 Å². The molecule has 0 aliphatic carbocycles. The molecule has 7 nitrogen and oxygen atoms in total. The number of halogens is 1. The van der Waals surface area contributed by atoms with E-state index in [0.29, 0.717) is 50.2 Å².